The van der Waals surface area contributed by atoms with E-state index in [0.717, 1.165) is 31.8 Å². The van der Waals surface area contributed by atoms with Crippen LogP contribution in [0, 0.1) is 11.8 Å². The van der Waals surface area contributed by atoms with Gasteiger partial charge in [0.2, 0.25) is 0 Å². The number of aliphatic hydroxyl groups excluding tert-OH is 1. The van der Waals surface area contributed by atoms with E-state index in [1.54, 1.807) is 0 Å². The molecule has 3 heteroatoms. The molecule has 1 rings (SSSR count). The smallest absolute Gasteiger partial charge is 0.154 e. The Labute approximate surface area is 125 Å². The fourth-order valence-corrected chi connectivity index (χ4v) is 2.94. The van der Waals surface area contributed by atoms with Gasteiger partial charge in [-0.25, -0.2) is 0 Å². The monoisotopic (exact) mass is 286 g/mol. The molecule has 1 heterocycles. The maximum absolute atomic E-state index is 9.60. The van der Waals surface area contributed by atoms with Gasteiger partial charge in [-0.3, -0.25) is 0 Å². The Kier molecular flexibility index (Phi) is 9.49. The number of ether oxygens (including phenoxy) is 2. The highest BCUT2D eigenvalue weighted by molar-refractivity contribution is 4.72. The van der Waals surface area contributed by atoms with E-state index in [4.69, 9.17) is 9.47 Å². The van der Waals surface area contributed by atoms with Crippen molar-refractivity contribution in [2.75, 3.05) is 13.2 Å². The fourth-order valence-electron chi connectivity index (χ4n) is 2.94. The Bertz CT molecular complexity index is 232. The number of aliphatic hydroxyl groups is 1. The summed E-state index contributed by atoms with van der Waals surface area (Å²) in [5, 5.41) is 9.60. The largest absolute Gasteiger partial charge is 0.378 e. The SMILES string of the molecule is CCCOC(O)CCCCCC1CCC(C)OCC1C. The van der Waals surface area contributed by atoms with E-state index in [1.165, 1.54) is 32.1 Å². The number of hydrogen-bond acceptors (Lipinski definition) is 3. The van der Waals surface area contributed by atoms with Crippen LogP contribution in [0.1, 0.15) is 72.1 Å². The van der Waals surface area contributed by atoms with Crippen LogP contribution in [0.5, 0.6) is 0 Å². The molecule has 120 valence electrons. The van der Waals surface area contributed by atoms with Crippen LogP contribution >= 0.6 is 0 Å². The van der Waals surface area contributed by atoms with Gasteiger partial charge in [0.25, 0.3) is 0 Å². The zero-order chi connectivity index (χ0) is 14.8. The van der Waals surface area contributed by atoms with Gasteiger partial charge < -0.3 is 14.6 Å². The Balaban J connectivity index is 2.05. The zero-order valence-corrected chi connectivity index (χ0v) is 13.6. The lowest BCUT2D eigenvalue weighted by molar-refractivity contribution is -0.104. The summed E-state index contributed by atoms with van der Waals surface area (Å²) in [6.45, 7) is 8.16. The molecular weight excluding hydrogens is 252 g/mol. The van der Waals surface area contributed by atoms with Crippen LogP contribution in [-0.2, 0) is 9.47 Å². The summed E-state index contributed by atoms with van der Waals surface area (Å²) in [6, 6.07) is 0. The molecule has 0 aromatic carbocycles. The molecule has 4 unspecified atom stereocenters. The van der Waals surface area contributed by atoms with E-state index in [1.807, 2.05) is 0 Å². The standard InChI is InChI=1S/C17H34O3/c1-4-12-19-17(18)9-7-5-6-8-16-11-10-15(3)20-13-14(16)2/h14-18H,4-13H2,1-3H3. The second-order valence-corrected chi connectivity index (χ2v) is 6.42. The van der Waals surface area contributed by atoms with E-state index in [9.17, 15) is 5.11 Å². The fraction of sp³-hybridized carbons (Fsp3) is 1.00. The van der Waals surface area contributed by atoms with Gasteiger partial charge >= 0.3 is 0 Å². The van der Waals surface area contributed by atoms with Crippen LogP contribution in [0.4, 0.5) is 0 Å². The van der Waals surface area contributed by atoms with Crippen molar-refractivity contribution in [2.24, 2.45) is 11.8 Å². The van der Waals surface area contributed by atoms with Crippen molar-refractivity contribution in [3.05, 3.63) is 0 Å². The predicted molar refractivity (Wildman–Crippen MR) is 82.6 cm³/mol. The molecule has 0 aliphatic carbocycles. The molecule has 0 aromatic rings. The topological polar surface area (TPSA) is 38.7 Å². The summed E-state index contributed by atoms with van der Waals surface area (Å²) in [5.41, 5.74) is 0. The predicted octanol–water partition coefficient (Wildman–Crippen LogP) is 4.13. The minimum absolute atomic E-state index is 0.438. The first kappa shape index (κ1) is 17.9. The summed E-state index contributed by atoms with van der Waals surface area (Å²) < 4.78 is 11.1. The summed E-state index contributed by atoms with van der Waals surface area (Å²) >= 11 is 0. The third-order valence-corrected chi connectivity index (χ3v) is 4.43. The molecule has 4 atom stereocenters. The Hall–Kier alpha value is -0.120. The summed E-state index contributed by atoms with van der Waals surface area (Å²) in [4.78, 5) is 0. The van der Waals surface area contributed by atoms with Crippen LogP contribution in [0.3, 0.4) is 0 Å². The minimum atomic E-state index is -0.555. The molecule has 0 aromatic heterocycles. The van der Waals surface area contributed by atoms with E-state index in [2.05, 4.69) is 20.8 Å². The highest BCUT2D eigenvalue weighted by atomic mass is 16.6. The van der Waals surface area contributed by atoms with Gasteiger partial charge in [0.05, 0.1) is 6.10 Å². The Morgan fingerprint density at radius 1 is 1.20 bits per heavy atom. The molecule has 0 bridgehead atoms. The summed E-state index contributed by atoms with van der Waals surface area (Å²) in [7, 11) is 0. The average molecular weight is 286 g/mol. The Morgan fingerprint density at radius 2 is 2.00 bits per heavy atom. The summed E-state index contributed by atoms with van der Waals surface area (Å²) in [5.74, 6) is 1.51. The lowest BCUT2D eigenvalue weighted by atomic mass is 9.86. The highest BCUT2D eigenvalue weighted by Crippen LogP contribution is 2.29. The maximum atomic E-state index is 9.60. The van der Waals surface area contributed by atoms with E-state index < -0.39 is 6.29 Å². The lowest BCUT2D eigenvalue weighted by Crippen LogP contribution is -2.15. The summed E-state index contributed by atoms with van der Waals surface area (Å²) in [6.07, 6.45) is 8.99. The van der Waals surface area contributed by atoms with Gasteiger partial charge in [0, 0.05) is 13.2 Å². The van der Waals surface area contributed by atoms with Crippen LogP contribution in [0.2, 0.25) is 0 Å². The van der Waals surface area contributed by atoms with Crippen LogP contribution < -0.4 is 0 Å². The van der Waals surface area contributed by atoms with Gasteiger partial charge in [-0.15, -0.1) is 0 Å². The molecule has 1 aliphatic heterocycles. The normalized spacial score (nSPS) is 29.1. The van der Waals surface area contributed by atoms with Crippen molar-refractivity contribution in [3.8, 4) is 0 Å². The molecule has 1 saturated heterocycles. The average Bonchev–Trinajstić information content (AvgIpc) is 2.59. The van der Waals surface area contributed by atoms with Crippen molar-refractivity contribution < 1.29 is 14.6 Å². The first-order valence-corrected chi connectivity index (χ1v) is 8.54. The van der Waals surface area contributed by atoms with Crippen molar-refractivity contribution in [1.29, 1.82) is 0 Å². The molecule has 0 saturated carbocycles. The quantitative estimate of drug-likeness (QED) is 0.511. The highest BCUT2D eigenvalue weighted by Gasteiger charge is 2.22. The van der Waals surface area contributed by atoms with Crippen molar-refractivity contribution in [1.82, 2.24) is 0 Å². The minimum Gasteiger partial charge on any atom is -0.378 e. The van der Waals surface area contributed by atoms with Crippen LogP contribution in [0.25, 0.3) is 0 Å². The van der Waals surface area contributed by atoms with Gasteiger partial charge in [-0.05, 0) is 50.9 Å². The molecule has 1 aliphatic rings. The number of rotatable bonds is 9. The second kappa shape index (κ2) is 10.6. The first-order valence-electron chi connectivity index (χ1n) is 8.54. The van der Waals surface area contributed by atoms with Crippen LogP contribution in [-0.4, -0.2) is 30.7 Å². The molecule has 0 spiro atoms. The second-order valence-electron chi connectivity index (χ2n) is 6.42. The molecule has 0 radical (unpaired) electrons. The van der Waals surface area contributed by atoms with E-state index in [0.29, 0.717) is 18.6 Å². The van der Waals surface area contributed by atoms with E-state index >= 15 is 0 Å². The molecule has 1 N–H and O–H groups in total. The molecule has 20 heavy (non-hydrogen) atoms. The molecular formula is C17H34O3. The maximum Gasteiger partial charge on any atom is 0.154 e. The van der Waals surface area contributed by atoms with Gasteiger partial charge in [0.1, 0.15) is 0 Å². The lowest BCUT2D eigenvalue weighted by Gasteiger charge is -2.20. The van der Waals surface area contributed by atoms with Gasteiger partial charge in [-0.2, -0.15) is 0 Å². The first-order chi connectivity index (χ1) is 9.63. The third-order valence-electron chi connectivity index (χ3n) is 4.43. The number of unbranched alkanes of at least 4 members (excludes halogenated alkanes) is 2. The van der Waals surface area contributed by atoms with Gasteiger partial charge in [0.15, 0.2) is 6.29 Å². The van der Waals surface area contributed by atoms with Crippen LogP contribution in [0.15, 0.2) is 0 Å². The third kappa shape index (κ3) is 7.61. The number of hydrogen-bond donors (Lipinski definition) is 1. The van der Waals surface area contributed by atoms with Crippen molar-refractivity contribution in [3.63, 3.8) is 0 Å². The molecule has 0 amide bonds. The van der Waals surface area contributed by atoms with Crippen molar-refractivity contribution >= 4 is 0 Å². The molecule has 1 fully saturated rings. The Morgan fingerprint density at radius 3 is 2.75 bits per heavy atom. The zero-order valence-electron chi connectivity index (χ0n) is 13.6. The van der Waals surface area contributed by atoms with E-state index in [-0.39, 0.29) is 0 Å². The van der Waals surface area contributed by atoms with Gasteiger partial charge in [-0.1, -0.05) is 33.1 Å². The van der Waals surface area contributed by atoms with Crippen molar-refractivity contribution in [2.45, 2.75) is 84.5 Å². The molecule has 3 nitrogen and oxygen atoms in total.